The maximum atomic E-state index is 14.3. The SMILES string of the molecule is CC1CN([C@@H](C)c2nc3ccc(C(=O)O)cc3n2C[C@@H]2CCO2)CCN1c1cccc(OCc2ccc(C#N)cc2F)n1. The Bertz CT molecular complexity index is 1700. The number of piperazine rings is 1. The van der Waals surface area contributed by atoms with Crippen molar-refractivity contribution < 1.29 is 23.8 Å². The fourth-order valence-corrected chi connectivity index (χ4v) is 5.79. The number of aromatic carboxylic acids is 1. The molecule has 2 aliphatic heterocycles. The monoisotopic (exact) mass is 584 g/mol. The number of carbonyl (C=O) groups is 1. The summed E-state index contributed by atoms with van der Waals surface area (Å²) >= 11 is 0. The zero-order chi connectivity index (χ0) is 30.1. The molecule has 6 rings (SSSR count). The Balaban J connectivity index is 1.16. The number of rotatable bonds is 9. The quantitative estimate of drug-likeness (QED) is 0.297. The molecule has 4 aromatic rings. The van der Waals surface area contributed by atoms with Gasteiger partial charge in [0.1, 0.15) is 24.1 Å². The summed E-state index contributed by atoms with van der Waals surface area (Å²) in [6, 6.07) is 17.1. The molecule has 1 N–H and O–H groups in total. The predicted octanol–water partition coefficient (Wildman–Crippen LogP) is 4.78. The van der Waals surface area contributed by atoms with Crippen molar-refractivity contribution in [1.82, 2.24) is 19.4 Å². The second-order valence-corrected chi connectivity index (χ2v) is 11.1. The van der Waals surface area contributed by atoms with Gasteiger partial charge in [0, 0.05) is 43.9 Å². The first-order valence-corrected chi connectivity index (χ1v) is 14.4. The first kappa shape index (κ1) is 28.6. The summed E-state index contributed by atoms with van der Waals surface area (Å²) in [5, 5.41) is 18.5. The number of ether oxygens (including phenoxy) is 2. The first-order chi connectivity index (χ1) is 20.8. The number of aromatic nitrogens is 3. The summed E-state index contributed by atoms with van der Waals surface area (Å²) in [6.45, 7) is 7.98. The lowest BCUT2D eigenvalue weighted by Gasteiger charge is -2.43. The average molecular weight is 585 g/mol. The summed E-state index contributed by atoms with van der Waals surface area (Å²) < 4.78 is 28.0. The van der Waals surface area contributed by atoms with Gasteiger partial charge >= 0.3 is 5.97 Å². The number of carboxylic acids is 1. The van der Waals surface area contributed by atoms with Gasteiger partial charge in [-0.25, -0.2) is 14.2 Å². The molecule has 0 radical (unpaired) electrons. The highest BCUT2D eigenvalue weighted by Gasteiger charge is 2.32. The minimum absolute atomic E-state index is 0.00435. The molecule has 0 aliphatic carbocycles. The summed E-state index contributed by atoms with van der Waals surface area (Å²) in [5.41, 5.74) is 2.45. The molecule has 2 saturated heterocycles. The lowest BCUT2D eigenvalue weighted by Crippen LogP contribution is -2.53. The number of nitriles is 1. The Morgan fingerprint density at radius 3 is 2.74 bits per heavy atom. The highest BCUT2D eigenvalue weighted by atomic mass is 19.1. The number of nitrogens with zero attached hydrogens (tertiary/aromatic N) is 6. The van der Waals surface area contributed by atoms with Gasteiger partial charge in [0.15, 0.2) is 0 Å². The van der Waals surface area contributed by atoms with Crippen molar-refractivity contribution in [2.24, 2.45) is 0 Å². The summed E-state index contributed by atoms with van der Waals surface area (Å²) in [7, 11) is 0. The van der Waals surface area contributed by atoms with Crippen LogP contribution in [0.25, 0.3) is 11.0 Å². The number of fused-ring (bicyclic) bond motifs is 1. The maximum Gasteiger partial charge on any atom is 0.335 e. The predicted molar refractivity (Wildman–Crippen MR) is 158 cm³/mol. The molecule has 2 aliphatic rings. The average Bonchev–Trinajstić information content (AvgIpc) is 3.35. The third-order valence-corrected chi connectivity index (χ3v) is 8.35. The van der Waals surface area contributed by atoms with Crippen molar-refractivity contribution in [2.75, 3.05) is 31.1 Å². The van der Waals surface area contributed by atoms with Crippen LogP contribution in [0.3, 0.4) is 0 Å². The minimum atomic E-state index is -0.960. The normalized spacial score (nSPS) is 19.5. The number of anilines is 1. The number of hydrogen-bond acceptors (Lipinski definition) is 8. The van der Waals surface area contributed by atoms with E-state index in [9.17, 15) is 14.3 Å². The van der Waals surface area contributed by atoms with Gasteiger partial charge in [0.2, 0.25) is 5.88 Å². The third-order valence-electron chi connectivity index (χ3n) is 8.35. The number of pyridine rings is 1. The third kappa shape index (κ3) is 5.89. The highest BCUT2D eigenvalue weighted by molar-refractivity contribution is 5.92. The number of halogens is 1. The van der Waals surface area contributed by atoms with E-state index in [4.69, 9.17) is 24.7 Å². The minimum Gasteiger partial charge on any atom is -0.478 e. The van der Waals surface area contributed by atoms with E-state index < -0.39 is 11.8 Å². The van der Waals surface area contributed by atoms with Gasteiger partial charge in [-0.2, -0.15) is 10.2 Å². The molecule has 222 valence electrons. The van der Waals surface area contributed by atoms with Crippen LogP contribution >= 0.6 is 0 Å². The van der Waals surface area contributed by atoms with Crippen LogP contribution in [0.2, 0.25) is 0 Å². The smallest absolute Gasteiger partial charge is 0.335 e. The number of carboxylic acid groups (broad SMARTS) is 1. The topological polar surface area (TPSA) is 117 Å². The maximum absolute atomic E-state index is 14.3. The summed E-state index contributed by atoms with van der Waals surface area (Å²) in [4.78, 5) is 26.0. The van der Waals surface area contributed by atoms with Crippen LogP contribution in [0.15, 0.2) is 54.6 Å². The lowest BCUT2D eigenvalue weighted by molar-refractivity contribution is -0.0594. The van der Waals surface area contributed by atoms with E-state index in [2.05, 4.69) is 28.2 Å². The highest BCUT2D eigenvalue weighted by Crippen LogP contribution is 2.30. The molecule has 11 heteroatoms. The molecule has 0 saturated carbocycles. The van der Waals surface area contributed by atoms with Gasteiger partial charge in [0.05, 0.1) is 46.9 Å². The van der Waals surface area contributed by atoms with Crippen LogP contribution < -0.4 is 9.64 Å². The molecular formula is C32H33FN6O4. The molecule has 43 heavy (non-hydrogen) atoms. The first-order valence-electron chi connectivity index (χ1n) is 14.4. The van der Waals surface area contributed by atoms with Crippen LogP contribution in [0.1, 0.15) is 53.6 Å². The van der Waals surface area contributed by atoms with E-state index in [1.165, 1.54) is 6.07 Å². The lowest BCUT2D eigenvalue weighted by atomic mass is 10.1. The van der Waals surface area contributed by atoms with Crippen LogP contribution in [-0.4, -0.2) is 68.9 Å². The van der Waals surface area contributed by atoms with E-state index in [1.807, 2.05) is 18.2 Å². The van der Waals surface area contributed by atoms with Crippen LogP contribution in [-0.2, 0) is 17.9 Å². The molecule has 4 heterocycles. The fraction of sp³-hybridized carbons (Fsp3) is 0.375. The summed E-state index contributed by atoms with van der Waals surface area (Å²) in [5.74, 6) is 0.645. The van der Waals surface area contributed by atoms with Crippen molar-refractivity contribution in [3.8, 4) is 11.9 Å². The molecule has 1 unspecified atom stereocenters. The van der Waals surface area contributed by atoms with Crippen LogP contribution in [0, 0.1) is 17.1 Å². The van der Waals surface area contributed by atoms with Gasteiger partial charge in [-0.15, -0.1) is 0 Å². The molecule has 0 bridgehead atoms. The molecule has 3 atom stereocenters. The van der Waals surface area contributed by atoms with Crippen molar-refractivity contribution in [1.29, 1.82) is 5.26 Å². The Hall–Kier alpha value is -4.53. The molecule has 2 fully saturated rings. The molecule has 10 nitrogen and oxygen atoms in total. The summed E-state index contributed by atoms with van der Waals surface area (Å²) in [6.07, 6.45) is 1.07. The molecule has 2 aromatic carbocycles. The molecule has 2 aromatic heterocycles. The van der Waals surface area contributed by atoms with Gasteiger partial charge < -0.3 is 24.0 Å². The van der Waals surface area contributed by atoms with Crippen LogP contribution in [0.5, 0.6) is 5.88 Å². The Morgan fingerprint density at radius 1 is 1.21 bits per heavy atom. The standard InChI is InChI=1S/C32H33FN6O4/c1-20-17-37(21(2)31-35-27-9-8-23(32(40)41)15-28(27)39(31)18-25-10-13-42-25)11-12-38(20)29-4-3-5-30(36-29)43-19-24-7-6-22(16-34)14-26(24)33/h3-9,14-15,20-21,25H,10-13,17-19H2,1-2H3,(H,40,41)/t20?,21-,25-/m0/s1. The largest absolute Gasteiger partial charge is 0.478 e. The van der Waals surface area contributed by atoms with Gasteiger partial charge in [0.25, 0.3) is 0 Å². The van der Waals surface area contributed by atoms with E-state index in [-0.39, 0.29) is 35.9 Å². The van der Waals surface area contributed by atoms with E-state index in [1.54, 1.807) is 36.4 Å². The number of benzene rings is 2. The van der Waals surface area contributed by atoms with Crippen molar-refractivity contribution >= 4 is 22.8 Å². The second-order valence-electron chi connectivity index (χ2n) is 11.1. The van der Waals surface area contributed by atoms with Gasteiger partial charge in [-0.1, -0.05) is 12.1 Å². The van der Waals surface area contributed by atoms with Crippen molar-refractivity contribution in [3.05, 3.63) is 82.9 Å². The van der Waals surface area contributed by atoms with Crippen LogP contribution in [0.4, 0.5) is 10.2 Å². The van der Waals surface area contributed by atoms with E-state index in [0.29, 0.717) is 18.0 Å². The molecular weight excluding hydrogens is 551 g/mol. The fourth-order valence-electron chi connectivity index (χ4n) is 5.79. The molecule has 0 spiro atoms. The van der Waals surface area contributed by atoms with Crippen molar-refractivity contribution in [2.45, 2.75) is 51.6 Å². The second kappa shape index (κ2) is 12.0. The Morgan fingerprint density at radius 2 is 2.05 bits per heavy atom. The Kier molecular flexibility index (Phi) is 7.97. The van der Waals surface area contributed by atoms with Gasteiger partial charge in [-0.3, -0.25) is 4.90 Å². The van der Waals surface area contributed by atoms with E-state index in [0.717, 1.165) is 55.3 Å². The number of imidazole rings is 1. The van der Waals surface area contributed by atoms with E-state index >= 15 is 0 Å². The zero-order valence-corrected chi connectivity index (χ0v) is 24.1. The Labute approximate surface area is 248 Å². The zero-order valence-electron chi connectivity index (χ0n) is 24.1. The molecule has 0 amide bonds. The van der Waals surface area contributed by atoms with Crippen molar-refractivity contribution in [3.63, 3.8) is 0 Å². The number of hydrogen-bond donors (Lipinski definition) is 1. The van der Waals surface area contributed by atoms with Gasteiger partial charge in [-0.05, 0) is 56.7 Å².